The third kappa shape index (κ3) is 5.01. The van der Waals surface area contributed by atoms with Crippen molar-refractivity contribution in [2.45, 2.75) is 38.1 Å². The molecule has 2 aromatic carbocycles. The van der Waals surface area contributed by atoms with Gasteiger partial charge in [-0.15, -0.1) is 0 Å². The summed E-state index contributed by atoms with van der Waals surface area (Å²) in [4.78, 5) is 14.5. The average Bonchev–Trinajstić information content (AvgIpc) is 2.69. The van der Waals surface area contributed by atoms with Gasteiger partial charge in [0.1, 0.15) is 0 Å². The minimum absolute atomic E-state index is 0.133. The highest BCUT2D eigenvalue weighted by molar-refractivity contribution is 5.76. The summed E-state index contributed by atoms with van der Waals surface area (Å²) in [7, 11) is 1.95. The Hall–Kier alpha value is -2.53. The molecule has 1 aliphatic rings. The highest BCUT2D eigenvalue weighted by Gasteiger charge is 2.23. The van der Waals surface area contributed by atoms with E-state index < -0.39 is 0 Å². The summed E-state index contributed by atoms with van der Waals surface area (Å²) in [6, 6.07) is 13.4. The van der Waals surface area contributed by atoms with E-state index in [2.05, 4.69) is 29.6 Å². The lowest BCUT2D eigenvalue weighted by atomic mass is 9.88. The fraction of sp³-hybridized carbons (Fsp3) is 0.409. The monoisotopic (exact) mass is 368 g/mol. The lowest BCUT2D eigenvalue weighted by molar-refractivity contribution is -0.132. The van der Waals surface area contributed by atoms with E-state index in [1.54, 1.807) is 6.07 Å². The number of phenolic OH excluding ortho intramolecular Hbond substituents is 2. The van der Waals surface area contributed by atoms with Crippen LogP contribution in [0.4, 0.5) is 0 Å². The summed E-state index contributed by atoms with van der Waals surface area (Å²) in [5.74, 6) is 0.400. The van der Waals surface area contributed by atoms with Gasteiger partial charge >= 0.3 is 0 Å². The Labute approximate surface area is 160 Å². The number of rotatable bonds is 6. The van der Waals surface area contributed by atoms with Crippen LogP contribution in [0.15, 0.2) is 42.5 Å². The Morgan fingerprint density at radius 1 is 1.07 bits per heavy atom. The molecule has 3 N–H and O–H groups in total. The second-order valence-electron chi connectivity index (χ2n) is 7.25. The molecule has 0 unspecified atom stereocenters. The van der Waals surface area contributed by atoms with E-state index in [0.29, 0.717) is 18.8 Å². The van der Waals surface area contributed by atoms with Crippen molar-refractivity contribution in [3.8, 4) is 11.5 Å². The highest BCUT2D eigenvalue weighted by Crippen LogP contribution is 2.29. The van der Waals surface area contributed by atoms with Gasteiger partial charge < -0.3 is 20.4 Å². The maximum atomic E-state index is 12.5. The van der Waals surface area contributed by atoms with Gasteiger partial charge in [0.05, 0.1) is 0 Å². The molecule has 0 aromatic heterocycles. The third-order valence-corrected chi connectivity index (χ3v) is 5.32. The zero-order chi connectivity index (χ0) is 19.2. The molecular formula is C22H28N2O3. The van der Waals surface area contributed by atoms with Gasteiger partial charge in [-0.1, -0.05) is 30.3 Å². The van der Waals surface area contributed by atoms with Gasteiger partial charge in [-0.25, -0.2) is 0 Å². The topological polar surface area (TPSA) is 72.8 Å². The van der Waals surface area contributed by atoms with Gasteiger partial charge in [-0.3, -0.25) is 4.79 Å². The molecular weight excluding hydrogens is 340 g/mol. The summed E-state index contributed by atoms with van der Waals surface area (Å²) in [5.41, 5.74) is 3.52. The molecule has 27 heavy (non-hydrogen) atoms. The third-order valence-electron chi connectivity index (χ3n) is 5.32. The lowest BCUT2D eigenvalue weighted by Crippen LogP contribution is -2.38. The molecule has 0 saturated carbocycles. The van der Waals surface area contributed by atoms with Crippen LogP contribution in [-0.2, 0) is 17.8 Å². The van der Waals surface area contributed by atoms with Crippen molar-refractivity contribution in [1.29, 1.82) is 0 Å². The quantitative estimate of drug-likeness (QED) is 0.685. The van der Waals surface area contributed by atoms with Crippen molar-refractivity contribution in [2.75, 3.05) is 20.1 Å². The Kier molecular flexibility index (Phi) is 6.35. The van der Waals surface area contributed by atoms with E-state index in [1.165, 1.54) is 23.3 Å². The van der Waals surface area contributed by atoms with Gasteiger partial charge in [0.2, 0.25) is 5.91 Å². The molecule has 0 bridgehead atoms. The van der Waals surface area contributed by atoms with Crippen LogP contribution in [0.25, 0.3) is 0 Å². The normalized spacial score (nSPS) is 15.1. The number of benzene rings is 2. The first-order chi connectivity index (χ1) is 13.1. The van der Waals surface area contributed by atoms with Gasteiger partial charge in [0, 0.05) is 26.1 Å². The SMILES string of the molecule is CNCc1cccc(C2CCN(C(=O)CCc3ccc(O)c(O)c3)CC2)c1. The number of amides is 1. The van der Waals surface area contributed by atoms with Gasteiger partial charge in [-0.2, -0.15) is 0 Å². The molecule has 0 spiro atoms. The number of likely N-dealkylation sites (tertiary alicyclic amines) is 1. The zero-order valence-electron chi connectivity index (χ0n) is 15.8. The molecule has 144 valence electrons. The number of carbonyl (C=O) groups is 1. The molecule has 1 amide bonds. The number of aromatic hydroxyl groups is 2. The summed E-state index contributed by atoms with van der Waals surface area (Å²) < 4.78 is 0. The summed E-state index contributed by atoms with van der Waals surface area (Å²) >= 11 is 0. The van der Waals surface area contributed by atoms with Crippen LogP contribution in [0.1, 0.15) is 41.9 Å². The number of nitrogens with zero attached hydrogens (tertiary/aromatic N) is 1. The van der Waals surface area contributed by atoms with Crippen molar-refractivity contribution in [1.82, 2.24) is 10.2 Å². The van der Waals surface area contributed by atoms with Crippen LogP contribution in [0, 0.1) is 0 Å². The first-order valence-electron chi connectivity index (χ1n) is 9.59. The number of hydrogen-bond donors (Lipinski definition) is 3. The van der Waals surface area contributed by atoms with Crippen LogP contribution < -0.4 is 5.32 Å². The minimum Gasteiger partial charge on any atom is -0.504 e. The number of hydrogen-bond acceptors (Lipinski definition) is 4. The van der Waals surface area contributed by atoms with Gasteiger partial charge in [0.25, 0.3) is 0 Å². The number of nitrogens with one attached hydrogen (secondary N) is 1. The van der Waals surface area contributed by atoms with E-state index >= 15 is 0 Å². The first kappa shape index (κ1) is 19.2. The Balaban J connectivity index is 1.50. The number of aryl methyl sites for hydroxylation is 1. The van der Waals surface area contributed by atoms with Crippen molar-refractivity contribution in [2.24, 2.45) is 0 Å². The van der Waals surface area contributed by atoms with Crippen molar-refractivity contribution in [3.05, 3.63) is 59.2 Å². The predicted octanol–water partition coefficient (Wildman–Crippen LogP) is 3.16. The molecule has 2 aromatic rings. The second-order valence-corrected chi connectivity index (χ2v) is 7.25. The van der Waals surface area contributed by atoms with E-state index in [0.717, 1.165) is 38.0 Å². The first-order valence-corrected chi connectivity index (χ1v) is 9.59. The molecule has 1 heterocycles. The minimum atomic E-state index is -0.138. The standard InChI is InChI=1S/C22H28N2O3/c1-23-15-17-3-2-4-19(13-17)18-9-11-24(12-10-18)22(27)8-6-16-5-7-20(25)21(26)14-16/h2-5,7,13-14,18,23,25-26H,6,8-12,15H2,1H3. The van der Waals surface area contributed by atoms with Crippen LogP contribution in [0.2, 0.25) is 0 Å². The molecule has 3 rings (SSSR count). The van der Waals surface area contributed by atoms with E-state index in [4.69, 9.17) is 0 Å². The summed E-state index contributed by atoms with van der Waals surface area (Å²) in [6.07, 6.45) is 2.98. The zero-order valence-corrected chi connectivity index (χ0v) is 15.8. The molecule has 5 heteroatoms. The van der Waals surface area contributed by atoms with E-state index in [-0.39, 0.29) is 17.4 Å². The van der Waals surface area contributed by atoms with Gasteiger partial charge in [-0.05, 0) is 61.1 Å². The molecule has 0 aliphatic carbocycles. The van der Waals surface area contributed by atoms with Crippen molar-refractivity contribution < 1.29 is 15.0 Å². The summed E-state index contributed by atoms with van der Waals surface area (Å²) in [5, 5.41) is 22.1. The second kappa shape index (κ2) is 8.91. The maximum Gasteiger partial charge on any atom is 0.222 e. The lowest BCUT2D eigenvalue weighted by Gasteiger charge is -2.32. The number of carbonyl (C=O) groups excluding carboxylic acids is 1. The molecule has 0 radical (unpaired) electrons. The Morgan fingerprint density at radius 3 is 2.56 bits per heavy atom. The van der Waals surface area contributed by atoms with E-state index in [1.807, 2.05) is 11.9 Å². The van der Waals surface area contributed by atoms with Crippen LogP contribution >= 0.6 is 0 Å². The summed E-state index contributed by atoms with van der Waals surface area (Å²) in [6.45, 7) is 2.46. The maximum absolute atomic E-state index is 12.5. The smallest absolute Gasteiger partial charge is 0.222 e. The number of phenols is 2. The Bertz CT molecular complexity index is 783. The molecule has 1 saturated heterocycles. The fourth-order valence-electron chi connectivity index (χ4n) is 3.76. The fourth-order valence-corrected chi connectivity index (χ4v) is 3.76. The van der Waals surface area contributed by atoms with Gasteiger partial charge in [0.15, 0.2) is 11.5 Å². The van der Waals surface area contributed by atoms with E-state index in [9.17, 15) is 15.0 Å². The predicted molar refractivity (Wildman–Crippen MR) is 106 cm³/mol. The van der Waals surface area contributed by atoms with Crippen LogP contribution in [-0.4, -0.2) is 41.2 Å². The molecule has 0 atom stereocenters. The van der Waals surface area contributed by atoms with Crippen LogP contribution in [0.5, 0.6) is 11.5 Å². The largest absolute Gasteiger partial charge is 0.504 e. The van der Waals surface area contributed by atoms with Crippen LogP contribution in [0.3, 0.4) is 0 Å². The molecule has 1 aliphatic heterocycles. The molecule has 5 nitrogen and oxygen atoms in total. The Morgan fingerprint density at radius 2 is 1.85 bits per heavy atom. The van der Waals surface area contributed by atoms with Crippen molar-refractivity contribution in [3.63, 3.8) is 0 Å². The number of piperidine rings is 1. The molecule has 1 fully saturated rings. The van der Waals surface area contributed by atoms with Crippen molar-refractivity contribution >= 4 is 5.91 Å². The highest BCUT2D eigenvalue weighted by atomic mass is 16.3. The average molecular weight is 368 g/mol.